The standard InChI is InChI=1S/C14H11F4N/c1-8-2-3-9(4-11(8)16)7-19-14-12(17)5-10(15)6-13(14)18/h2-6,19H,7H2,1H3. The highest BCUT2D eigenvalue weighted by molar-refractivity contribution is 5.47. The Hall–Kier alpha value is -2.04. The molecule has 0 aliphatic carbocycles. The Morgan fingerprint density at radius 2 is 1.53 bits per heavy atom. The number of benzene rings is 2. The van der Waals surface area contributed by atoms with Crippen LogP contribution in [0.25, 0.3) is 0 Å². The SMILES string of the molecule is Cc1ccc(CNc2c(F)cc(F)cc2F)cc1F. The van der Waals surface area contributed by atoms with Gasteiger partial charge in [0.1, 0.15) is 17.3 Å². The van der Waals surface area contributed by atoms with Gasteiger partial charge in [0.15, 0.2) is 11.6 Å². The van der Waals surface area contributed by atoms with Gasteiger partial charge in [0.05, 0.1) is 0 Å². The fourth-order valence-corrected chi connectivity index (χ4v) is 1.65. The molecule has 0 aromatic heterocycles. The van der Waals surface area contributed by atoms with E-state index in [0.29, 0.717) is 23.3 Å². The number of hydrogen-bond acceptors (Lipinski definition) is 1. The van der Waals surface area contributed by atoms with Crippen LogP contribution in [0.2, 0.25) is 0 Å². The molecule has 19 heavy (non-hydrogen) atoms. The van der Waals surface area contributed by atoms with Crippen LogP contribution in [-0.2, 0) is 6.54 Å². The maximum Gasteiger partial charge on any atom is 0.152 e. The van der Waals surface area contributed by atoms with Gasteiger partial charge >= 0.3 is 0 Å². The van der Waals surface area contributed by atoms with E-state index in [1.54, 1.807) is 19.1 Å². The van der Waals surface area contributed by atoms with Crippen molar-refractivity contribution < 1.29 is 17.6 Å². The summed E-state index contributed by atoms with van der Waals surface area (Å²) in [4.78, 5) is 0. The number of aryl methyl sites for hydroxylation is 1. The zero-order valence-corrected chi connectivity index (χ0v) is 10.1. The molecule has 2 aromatic carbocycles. The van der Waals surface area contributed by atoms with Crippen molar-refractivity contribution in [1.29, 1.82) is 0 Å². The predicted molar refractivity (Wildman–Crippen MR) is 64.8 cm³/mol. The molecule has 0 radical (unpaired) electrons. The maximum absolute atomic E-state index is 13.3. The zero-order chi connectivity index (χ0) is 14.0. The van der Waals surface area contributed by atoms with Gasteiger partial charge < -0.3 is 5.32 Å². The molecule has 0 saturated carbocycles. The van der Waals surface area contributed by atoms with Gasteiger partial charge in [0, 0.05) is 18.7 Å². The van der Waals surface area contributed by atoms with Crippen LogP contribution in [0.1, 0.15) is 11.1 Å². The second-order valence-electron chi connectivity index (χ2n) is 4.18. The summed E-state index contributed by atoms with van der Waals surface area (Å²) in [5.41, 5.74) is 0.594. The van der Waals surface area contributed by atoms with Gasteiger partial charge in [0.2, 0.25) is 0 Å². The summed E-state index contributed by atoms with van der Waals surface area (Å²) in [6.45, 7) is 1.66. The number of hydrogen-bond donors (Lipinski definition) is 1. The van der Waals surface area contributed by atoms with Gasteiger partial charge in [-0.25, -0.2) is 17.6 Å². The molecule has 0 saturated heterocycles. The smallest absolute Gasteiger partial charge is 0.152 e. The van der Waals surface area contributed by atoms with Crippen LogP contribution < -0.4 is 5.32 Å². The van der Waals surface area contributed by atoms with Crippen LogP contribution in [0, 0.1) is 30.2 Å². The Morgan fingerprint density at radius 3 is 2.11 bits per heavy atom. The predicted octanol–water partition coefficient (Wildman–Crippen LogP) is 4.16. The highest BCUT2D eigenvalue weighted by Gasteiger charge is 2.11. The lowest BCUT2D eigenvalue weighted by Crippen LogP contribution is -2.05. The third-order valence-corrected chi connectivity index (χ3v) is 2.71. The molecule has 0 spiro atoms. The van der Waals surface area contributed by atoms with Gasteiger partial charge in [0.25, 0.3) is 0 Å². The van der Waals surface area contributed by atoms with Crippen molar-refractivity contribution in [2.75, 3.05) is 5.32 Å². The fraction of sp³-hybridized carbons (Fsp3) is 0.143. The third kappa shape index (κ3) is 3.05. The molecule has 0 amide bonds. The van der Waals surface area contributed by atoms with Gasteiger partial charge in [-0.1, -0.05) is 12.1 Å². The molecule has 2 rings (SSSR count). The summed E-state index contributed by atoms with van der Waals surface area (Å²) in [5.74, 6) is -3.42. The van der Waals surface area contributed by atoms with E-state index in [-0.39, 0.29) is 12.4 Å². The Bertz CT molecular complexity index is 587. The second kappa shape index (κ2) is 5.30. The molecule has 0 atom stereocenters. The monoisotopic (exact) mass is 269 g/mol. The highest BCUT2D eigenvalue weighted by Crippen LogP contribution is 2.21. The molecular formula is C14H11F4N. The minimum Gasteiger partial charge on any atom is -0.376 e. The highest BCUT2D eigenvalue weighted by atomic mass is 19.1. The van der Waals surface area contributed by atoms with Gasteiger partial charge in [-0.05, 0) is 24.1 Å². The van der Waals surface area contributed by atoms with Crippen molar-refractivity contribution in [2.24, 2.45) is 0 Å². The number of rotatable bonds is 3. The van der Waals surface area contributed by atoms with E-state index >= 15 is 0 Å². The molecular weight excluding hydrogens is 258 g/mol. The van der Waals surface area contributed by atoms with Gasteiger partial charge in [-0.2, -0.15) is 0 Å². The molecule has 1 N–H and O–H groups in total. The third-order valence-electron chi connectivity index (χ3n) is 2.71. The molecule has 0 aliphatic rings. The first-order valence-electron chi connectivity index (χ1n) is 5.61. The number of anilines is 1. The van der Waals surface area contributed by atoms with Crippen molar-refractivity contribution in [2.45, 2.75) is 13.5 Å². The Balaban J connectivity index is 2.16. The van der Waals surface area contributed by atoms with Crippen LogP contribution in [0.4, 0.5) is 23.2 Å². The van der Waals surface area contributed by atoms with Crippen molar-refractivity contribution in [3.8, 4) is 0 Å². The van der Waals surface area contributed by atoms with Crippen LogP contribution in [-0.4, -0.2) is 0 Å². The van der Waals surface area contributed by atoms with Crippen molar-refractivity contribution in [1.82, 2.24) is 0 Å². The molecule has 0 heterocycles. The lowest BCUT2D eigenvalue weighted by molar-refractivity contribution is 0.547. The average molecular weight is 269 g/mol. The maximum atomic E-state index is 13.3. The van der Waals surface area contributed by atoms with E-state index in [1.165, 1.54) is 6.07 Å². The lowest BCUT2D eigenvalue weighted by atomic mass is 10.1. The average Bonchev–Trinajstić information content (AvgIpc) is 2.32. The van der Waals surface area contributed by atoms with Crippen molar-refractivity contribution >= 4 is 5.69 Å². The van der Waals surface area contributed by atoms with Gasteiger partial charge in [-0.3, -0.25) is 0 Å². The number of nitrogens with one attached hydrogen (secondary N) is 1. The van der Waals surface area contributed by atoms with Crippen molar-refractivity contribution in [3.05, 3.63) is 64.7 Å². The summed E-state index contributed by atoms with van der Waals surface area (Å²) < 4.78 is 52.7. The first-order chi connectivity index (χ1) is 8.97. The lowest BCUT2D eigenvalue weighted by Gasteiger charge is -2.09. The zero-order valence-electron chi connectivity index (χ0n) is 10.1. The minimum atomic E-state index is -1.02. The van der Waals surface area contributed by atoms with Crippen LogP contribution in [0.3, 0.4) is 0 Å². The molecule has 5 heteroatoms. The molecule has 1 nitrogen and oxygen atoms in total. The quantitative estimate of drug-likeness (QED) is 0.825. The van der Waals surface area contributed by atoms with Crippen LogP contribution in [0.5, 0.6) is 0 Å². The topological polar surface area (TPSA) is 12.0 Å². The fourth-order valence-electron chi connectivity index (χ4n) is 1.65. The number of halogens is 4. The van der Waals surface area contributed by atoms with E-state index in [1.807, 2.05) is 0 Å². The van der Waals surface area contributed by atoms with Crippen LogP contribution >= 0.6 is 0 Å². The summed E-state index contributed by atoms with van der Waals surface area (Å²) in [6.07, 6.45) is 0. The summed E-state index contributed by atoms with van der Waals surface area (Å²) in [5, 5.41) is 2.49. The molecule has 0 unspecified atom stereocenters. The van der Waals surface area contributed by atoms with E-state index in [2.05, 4.69) is 5.32 Å². The van der Waals surface area contributed by atoms with Crippen molar-refractivity contribution in [3.63, 3.8) is 0 Å². The summed E-state index contributed by atoms with van der Waals surface area (Å²) in [7, 11) is 0. The first-order valence-corrected chi connectivity index (χ1v) is 5.61. The second-order valence-corrected chi connectivity index (χ2v) is 4.18. The molecule has 2 aromatic rings. The Kier molecular flexibility index (Phi) is 3.74. The Morgan fingerprint density at radius 1 is 0.895 bits per heavy atom. The Labute approximate surface area is 107 Å². The summed E-state index contributed by atoms with van der Waals surface area (Å²) in [6, 6.07) is 5.67. The summed E-state index contributed by atoms with van der Waals surface area (Å²) >= 11 is 0. The minimum absolute atomic E-state index is 0.0384. The molecule has 0 fully saturated rings. The van der Waals surface area contributed by atoms with E-state index in [4.69, 9.17) is 0 Å². The molecule has 0 aliphatic heterocycles. The largest absolute Gasteiger partial charge is 0.376 e. The van der Waals surface area contributed by atoms with E-state index < -0.39 is 23.1 Å². The normalized spacial score (nSPS) is 10.6. The van der Waals surface area contributed by atoms with E-state index in [9.17, 15) is 17.6 Å². The molecule has 100 valence electrons. The van der Waals surface area contributed by atoms with E-state index in [0.717, 1.165) is 0 Å². The first kappa shape index (κ1) is 13.4. The van der Waals surface area contributed by atoms with Gasteiger partial charge in [-0.15, -0.1) is 0 Å². The molecule has 0 bridgehead atoms. The van der Waals surface area contributed by atoms with Crippen LogP contribution in [0.15, 0.2) is 30.3 Å².